The van der Waals surface area contributed by atoms with Crippen molar-refractivity contribution in [2.75, 3.05) is 5.32 Å². The number of rotatable bonds is 3. The average Bonchev–Trinajstić information content (AvgIpc) is 2.82. The van der Waals surface area contributed by atoms with E-state index < -0.39 is 4.92 Å². The molecule has 0 bridgehead atoms. The van der Waals surface area contributed by atoms with Gasteiger partial charge in [-0.05, 0) is 18.2 Å². The van der Waals surface area contributed by atoms with Gasteiger partial charge < -0.3 is 14.8 Å². The van der Waals surface area contributed by atoms with Crippen molar-refractivity contribution < 1.29 is 14.4 Å². The predicted molar refractivity (Wildman–Crippen MR) is 77.1 cm³/mol. The van der Waals surface area contributed by atoms with Crippen LogP contribution >= 0.6 is 11.6 Å². The van der Waals surface area contributed by atoms with Gasteiger partial charge in [-0.15, -0.1) is 0 Å². The van der Waals surface area contributed by atoms with Crippen LogP contribution in [0.2, 0.25) is 5.02 Å². The summed E-state index contributed by atoms with van der Waals surface area (Å²) in [6.07, 6.45) is 0. The monoisotopic (exact) mass is 305 g/mol. The molecule has 2 aromatic carbocycles. The van der Waals surface area contributed by atoms with E-state index in [-0.39, 0.29) is 23.1 Å². The summed E-state index contributed by atoms with van der Waals surface area (Å²) in [6, 6.07) is 8.82. The molecule has 0 saturated carbocycles. The van der Waals surface area contributed by atoms with Crippen molar-refractivity contribution in [1.82, 2.24) is 4.98 Å². The van der Waals surface area contributed by atoms with Crippen molar-refractivity contribution in [3.8, 4) is 5.75 Å². The van der Waals surface area contributed by atoms with Gasteiger partial charge in [-0.1, -0.05) is 11.6 Å². The Morgan fingerprint density at radius 3 is 2.81 bits per heavy atom. The molecule has 0 aliphatic heterocycles. The minimum absolute atomic E-state index is 0.149. The first-order chi connectivity index (χ1) is 10.0. The maximum absolute atomic E-state index is 10.6. The second-order valence-corrected chi connectivity index (χ2v) is 4.65. The third-order valence-electron chi connectivity index (χ3n) is 2.78. The average molecular weight is 306 g/mol. The number of nitrogens with one attached hydrogen (secondary N) is 1. The molecular weight excluding hydrogens is 298 g/mol. The number of phenolic OH excluding ortho intramolecular Hbond substituents is 1. The predicted octanol–water partition coefficient (Wildman–Crippen LogP) is 3.84. The van der Waals surface area contributed by atoms with Gasteiger partial charge >= 0.3 is 0 Å². The molecule has 0 aliphatic carbocycles. The molecule has 0 unspecified atom stereocenters. The number of aromatic hydroxyl groups is 1. The van der Waals surface area contributed by atoms with Crippen LogP contribution in [0.25, 0.3) is 11.1 Å². The van der Waals surface area contributed by atoms with Crippen molar-refractivity contribution in [2.45, 2.75) is 0 Å². The van der Waals surface area contributed by atoms with E-state index >= 15 is 0 Å². The van der Waals surface area contributed by atoms with Gasteiger partial charge in [-0.2, -0.15) is 4.98 Å². The van der Waals surface area contributed by atoms with E-state index in [9.17, 15) is 15.2 Å². The largest absolute Gasteiger partial charge is 0.506 e. The highest BCUT2D eigenvalue weighted by Crippen LogP contribution is 2.31. The Morgan fingerprint density at radius 2 is 2.10 bits per heavy atom. The van der Waals surface area contributed by atoms with Crippen LogP contribution in [0.3, 0.4) is 0 Å². The fourth-order valence-corrected chi connectivity index (χ4v) is 1.97. The molecule has 0 spiro atoms. The quantitative estimate of drug-likeness (QED) is 0.433. The van der Waals surface area contributed by atoms with Gasteiger partial charge in [-0.3, -0.25) is 10.1 Å². The maximum Gasteiger partial charge on any atom is 0.300 e. The van der Waals surface area contributed by atoms with E-state index in [2.05, 4.69) is 10.3 Å². The maximum atomic E-state index is 10.6. The molecule has 8 heteroatoms. The lowest BCUT2D eigenvalue weighted by Gasteiger charge is -2.03. The number of phenols is 1. The summed E-state index contributed by atoms with van der Waals surface area (Å²) in [6.45, 7) is 0. The fraction of sp³-hybridized carbons (Fsp3) is 0. The normalized spacial score (nSPS) is 10.7. The molecule has 1 aromatic heterocycles. The second kappa shape index (κ2) is 4.95. The second-order valence-electron chi connectivity index (χ2n) is 4.21. The van der Waals surface area contributed by atoms with Crippen LogP contribution in [0, 0.1) is 10.1 Å². The molecule has 7 nitrogen and oxygen atoms in total. The minimum atomic E-state index is -0.592. The lowest BCUT2D eigenvalue weighted by molar-refractivity contribution is -0.384. The molecule has 2 N–H and O–H groups in total. The Balaban J connectivity index is 1.93. The summed E-state index contributed by atoms with van der Waals surface area (Å²) in [5.41, 5.74) is 1.13. The van der Waals surface area contributed by atoms with Gasteiger partial charge in [0.05, 0.1) is 16.7 Å². The van der Waals surface area contributed by atoms with Crippen molar-refractivity contribution in [3.63, 3.8) is 0 Å². The highest BCUT2D eigenvalue weighted by molar-refractivity contribution is 6.31. The number of halogens is 1. The van der Waals surface area contributed by atoms with E-state index in [0.717, 1.165) is 6.07 Å². The number of nitro benzene ring substituents is 1. The molecule has 0 radical (unpaired) electrons. The van der Waals surface area contributed by atoms with Crippen LogP contribution in [0.4, 0.5) is 17.4 Å². The summed E-state index contributed by atoms with van der Waals surface area (Å²) < 4.78 is 5.43. The van der Waals surface area contributed by atoms with Crippen molar-refractivity contribution >= 4 is 40.1 Å². The molecule has 1 heterocycles. The highest BCUT2D eigenvalue weighted by atomic mass is 35.5. The Labute approximate surface area is 122 Å². The number of fused-ring (bicyclic) bond motifs is 1. The van der Waals surface area contributed by atoms with Crippen LogP contribution < -0.4 is 5.32 Å². The third-order valence-corrected chi connectivity index (χ3v) is 3.02. The first-order valence-corrected chi connectivity index (χ1v) is 6.21. The SMILES string of the molecule is O=[N+]([O-])c1ccc(Nc2nc3ccc(Cl)cc3o2)c(O)c1. The lowest BCUT2D eigenvalue weighted by atomic mass is 10.2. The van der Waals surface area contributed by atoms with E-state index in [4.69, 9.17) is 16.0 Å². The first kappa shape index (κ1) is 13.2. The number of benzene rings is 2. The number of anilines is 2. The van der Waals surface area contributed by atoms with E-state index in [0.29, 0.717) is 16.1 Å². The Hall–Kier alpha value is -2.80. The van der Waals surface area contributed by atoms with E-state index in [1.165, 1.54) is 12.1 Å². The smallest absolute Gasteiger partial charge is 0.300 e. The minimum Gasteiger partial charge on any atom is -0.506 e. The van der Waals surface area contributed by atoms with Crippen LogP contribution in [0.15, 0.2) is 40.8 Å². The number of nitrogens with zero attached hydrogens (tertiary/aromatic N) is 2. The summed E-state index contributed by atoms with van der Waals surface area (Å²) in [4.78, 5) is 14.2. The summed E-state index contributed by atoms with van der Waals surface area (Å²) in [5, 5.41) is 23.6. The zero-order valence-corrected chi connectivity index (χ0v) is 11.2. The molecule has 3 rings (SSSR count). The molecule has 0 aliphatic rings. The first-order valence-electron chi connectivity index (χ1n) is 5.83. The number of oxazole rings is 1. The molecule has 0 fully saturated rings. The van der Waals surface area contributed by atoms with E-state index in [1.807, 2.05) is 0 Å². The Bertz CT molecular complexity index is 847. The standard InChI is InChI=1S/C13H8ClN3O4/c14-7-1-3-10-12(5-7)21-13(16-10)15-9-4-2-8(17(19)20)6-11(9)18/h1-6,18H,(H,15,16). The number of hydrogen-bond donors (Lipinski definition) is 2. The molecule has 3 aromatic rings. The van der Waals surface area contributed by atoms with Gasteiger partial charge in [0, 0.05) is 17.2 Å². The van der Waals surface area contributed by atoms with E-state index in [1.54, 1.807) is 18.2 Å². The van der Waals surface area contributed by atoms with Crippen molar-refractivity contribution in [1.29, 1.82) is 0 Å². The number of non-ortho nitro benzene ring substituents is 1. The zero-order valence-electron chi connectivity index (χ0n) is 10.4. The van der Waals surface area contributed by atoms with Crippen molar-refractivity contribution in [2.24, 2.45) is 0 Å². The molecule has 0 atom stereocenters. The van der Waals surface area contributed by atoms with Crippen LogP contribution in [-0.2, 0) is 0 Å². The third kappa shape index (κ3) is 2.59. The van der Waals surface area contributed by atoms with Crippen LogP contribution in [-0.4, -0.2) is 15.0 Å². The Kier molecular flexibility index (Phi) is 3.11. The highest BCUT2D eigenvalue weighted by Gasteiger charge is 2.12. The summed E-state index contributed by atoms with van der Waals surface area (Å²) >= 11 is 5.85. The zero-order chi connectivity index (χ0) is 15.0. The van der Waals surface area contributed by atoms with Gasteiger partial charge in [0.1, 0.15) is 11.3 Å². The van der Waals surface area contributed by atoms with Crippen LogP contribution in [0.5, 0.6) is 5.75 Å². The van der Waals surface area contributed by atoms with Gasteiger partial charge in [0.25, 0.3) is 11.7 Å². The molecule has 106 valence electrons. The summed E-state index contributed by atoms with van der Waals surface area (Å²) in [5.74, 6) is -0.274. The number of nitro groups is 1. The molecule has 0 amide bonds. The van der Waals surface area contributed by atoms with Gasteiger partial charge in [0.15, 0.2) is 5.58 Å². The lowest BCUT2D eigenvalue weighted by Crippen LogP contribution is -1.93. The summed E-state index contributed by atoms with van der Waals surface area (Å²) in [7, 11) is 0. The van der Waals surface area contributed by atoms with Crippen LogP contribution in [0.1, 0.15) is 0 Å². The molecular formula is C13H8ClN3O4. The fourth-order valence-electron chi connectivity index (χ4n) is 1.81. The number of aromatic nitrogens is 1. The Morgan fingerprint density at radius 1 is 1.29 bits per heavy atom. The van der Waals surface area contributed by atoms with Crippen molar-refractivity contribution in [3.05, 3.63) is 51.5 Å². The molecule has 21 heavy (non-hydrogen) atoms. The number of hydrogen-bond acceptors (Lipinski definition) is 6. The topological polar surface area (TPSA) is 101 Å². The molecule has 0 saturated heterocycles. The van der Waals surface area contributed by atoms with Gasteiger partial charge in [-0.25, -0.2) is 0 Å². The van der Waals surface area contributed by atoms with Gasteiger partial charge in [0.2, 0.25) is 0 Å².